The average Bonchev–Trinajstić information content (AvgIpc) is 2.21. The Morgan fingerprint density at radius 2 is 2.50 bits per heavy atom. The van der Waals surface area contributed by atoms with Crippen LogP contribution in [0, 0.1) is 0 Å². The summed E-state index contributed by atoms with van der Waals surface area (Å²) in [5.41, 5.74) is 5.41. The van der Waals surface area contributed by atoms with Crippen LogP contribution in [0.5, 0.6) is 0 Å². The predicted octanol–water partition coefficient (Wildman–Crippen LogP) is -0.791. The predicted molar refractivity (Wildman–Crippen MR) is 51.9 cm³/mol. The van der Waals surface area contributed by atoms with E-state index in [2.05, 4.69) is 0 Å². The summed E-state index contributed by atoms with van der Waals surface area (Å²) in [6, 6.07) is 0. The standard InChI is InChI=1S/C9H18N2O3/c1-13-5-2-3-11-4-6-14-8(7-10)9(11)12/h8H,2-7,10H2,1H3. The molecule has 1 atom stereocenters. The summed E-state index contributed by atoms with van der Waals surface area (Å²) < 4.78 is 10.2. The van der Waals surface area contributed by atoms with Gasteiger partial charge in [0.05, 0.1) is 6.61 Å². The maximum atomic E-state index is 11.6. The molecular weight excluding hydrogens is 184 g/mol. The number of hydrogen-bond donors (Lipinski definition) is 1. The number of methoxy groups -OCH3 is 1. The van der Waals surface area contributed by atoms with Crippen molar-refractivity contribution in [3.8, 4) is 0 Å². The first-order valence-electron chi connectivity index (χ1n) is 4.89. The zero-order valence-electron chi connectivity index (χ0n) is 8.57. The van der Waals surface area contributed by atoms with Crippen LogP contribution in [-0.4, -0.2) is 56.9 Å². The number of hydrogen-bond acceptors (Lipinski definition) is 4. The van der Waals surface area contributed by atoms with Crippen molar-refractivity contribution in [3.63, 3.8) is 0 Å². The minimum absolute atomic E-state index is 0.00912. The Bertz CT molecular complexity index is 187. The molecule has 1 rings (SSSR count). The molecule has 1 aliphatic heterocycles. The van der Waals surface area contributed by atoms with E-state index in [4.69, 9.17) is 15.2 Å². The molecule has 1 amide bonds. The molecule has 5 nitrogen and oxygen atoms in total. The lowest BCUT2D eigenvalue weighted by molar-refractivity contribution is -0.152. The van der Waals surface area contributed by atoms with Crippen LogP contribution in [0.1, 0.15) is 6.42 Å². The molecule has 1 fully saturated rings. The number of ether oxygens (including phenoxy) is 2. The van der Waals surface area contributed by atoms with Gasteiger partial charge in [-0.3, -0.25) is 4.79 Å². The number of nitrogens with two attached hydrogens (primary N) is 1. The van der Waals surface area contributed by atoms with Crippen LogP contribution >= 0.6 is 0 Å². The highest BCUT2D eigenvalue weighted by atomic mass is 16.5. The van der Waals surface area contributed by atoms with Crippen molar-refractivity contribution in [1.29, 1.82) is 0 Å². The number of morpholine rings is 1. The molecule has 0 saturated carbocycles. The summed E-state index contributed by atoms with van der Waals surface area (Å²) >= 11 is 0. The molecule has 82 valence electrons. The van der Waals surface area contributed by atoms with Crippen molar-refractivity contribution in [1.82, 2.24) is 4.90 Å². The summed E-state index contributed by atoms with van der Waals surface area (Å²) in [5.74, 6) is 0.00912. The molecule has 0 aromatic rings. The molecule has 0 radical (unpaired) electrons. The SMILES string of the molecule is COCCCN1CCOC(CN)C1=O. The molecule has 5 heteroatoms. The summed E-state index contributed by atoms with van der Waals surface area (Å²) in [6.45, 7) is 2.92. The third kappa shape index (κ3) is 2.94. The Labute approximate surface area is 84.1 Å². The van der Waals surface area contributed by atoms with Crippen LogP contribution in [0.15, 0.2) is 0 Å². The van der Waals surface area contributed by atoms with Gasteiger partial charge >= 0.3 is 0 Å². The molecule has 0 aromatic heterocycles. The van der Waals surface area contributed by atoms with E-state index in [1.807, 2.05) is 0 Å². The summed E-state index contributed by atoms with van der Waals surface area (Å²) in [5, 5.41) is 0. The molecule has 1 saturated heterocycles. The van der Waals surface area contributed by atoms with E-state index in [0.717, 1.165) is 13.0 Å². The van der Waals surface area contributed by atoms with E-state index in [9.17, 15) is 4.79 Å². The van der Waals surface area contributed by atoms with E-state index >= 15 is 0 Å². The van der Waals surface area contributed by atoms with Gasteiger partial charge in [-0.1, -0.05) is 0 Å². The van der Waals surface area contributed by atoms with E-state index in [-0.39, 0.29) is 12.5 Å². The Hall–Kier alpha value is -0.650. The molecular formula is C9H18N2O3. The van der Waals surface area contributed by atoms with E-state index in [0.29, 0.717) is 19.8 Å². The third-order valence-electron chi connectivity index (χ3n) is 2.26. The first-order chi connectivity index (χ1) is 6.79. The van der Waals surface area contributed by atoms with Crippen molar-refractivity contribution in [2.45, 2.75) is 12.5 Å². The summed E-state index contributed by atoms with van der Waals surface area (Å²) in [7, 11) is 1.66. The van der Waals surface area contributed by atoms with E-state index < -0.39 is 6.10 Å². The maximum Gasteiger partial charge on any atom is 0.253 e. The van der Waals surface area contributed by atoms with Crippen LogP contribution in [-0.2, 0) is 14.3 Å². The number of carbonyl (C=O) groups is 1. The number of carbonyl (C=O) groups excluding carboxylic acids is 1. The second-order valence-corrected chi connectivity index (χ2v) is 3.27. The van der Waals surface area contributed by atoms with Crippen LogP contribution in [0.25, 0.3) is 0 Å². The van der Waals surface area contributed by atoms with Gasteiger partial charge in [0.2, 0.25) is 0 Å². The van der Waals surface area contributed by atoms with E-state index in [1.165, 1.54) is 0 Å². The molecule has 0 spiro atoms. The molecule has 0 aromatic carbocycles. The molecule has 0 aliphatic carbocycles. The van der Waals surface area contributed by atoms with Gasteiger partial charge < -0.3 is 20.1 Å². The van der Waals surface area contributed by atoms with Gasteiger partial charge in [0.1, 0.15) is 6.10 Å². The average molecular weight is 202 g/mol. The third-order valence-corrected chi connectivity index (χ3v) is 2.26. The monoisotopic (exact) mass is 202 g/mol. The second kappa shape index (κ2) is 5.95. The molecule has 1 unspecified atom stereocenters. The van der Waals surface area contributed by atoms with Gasteiger partial charge in [-0.05, 0) is 6.42 Å². The molecule has 14 heavy (non-hydrogen) atoms. The highest BCUT2D eigenvalue weighted by molar-refractivity contribution is 5.81. The van der Waals surface area contributed by atoms with Crippen LogP contribution in [0.4, 0.5) is 0 Å². The smallest absolute Gasteiger partial charge is 0.253 e. The summed E-state index contributed by atoms with van der Waals surface area (Å²) in [4.78, 5) is 13.4. The topological polar surface area (TPSA) is 64.8 Å². The van der Waals surface area contributed by atoms with Gasteiger partial charge in [0, 0.05) is 33.4 Å². The Balaban J connectivity index is 2.32. The van der Waals surface area contributed by atoms with Gasteiger partial charge in [-0.15, -0.1) is 0 Å². The largest absolute Gasteiger partial charge is 0.385 e. The highest BCUT2D eigenvalue weighted by Gasteiger charge is 2.27. The van der Waals surface area contributed by atoms with Crippen molar-refractivity contribution in [2.75, 3.05) is 40.0 Å². The van der Waals surface area contributed by atoms with Crippen LogP contribution < -0.4 is 5.73 Å². The number of nitrogens with zero attached hydrogens (tertiary/aromatic N) is 1. The van der Waals surface area contributed by atoms with Crippen molar-refractivity contribution < 1.29 is 14.3 Å². The summed E-state index contributed by atoms with van der Waals surface area (Å²) in [6.07, 6.45) is 0.422. The van der Waals surface area contributed by atoms with Crippen molar-refractivity contribution >= 4 is 5.91 Å². The Kier molecular flexibility index (Phi) is 4.86. The van der Waals surface area contributed by atoms with Crippen LogP contribution in [0.2, 0.25) is 0 Å². The molecule has 1 heterocycles. The fourth-order valence-electron chi connectivity index (χ4n) is 1.48. The minimum atomic E-state index is -0.439. The zero-order chi connectivity index (χ0) is 10.4. The maximum absolute atomic E-state index is 11.6. The normalized spacial score (nSPS) is 22.9. The number of rotatable bonds is 5. The van der Waals surface area contributed by atoms with Crippen LogP contribution in [0.3, 0.4) is 0 Å². The first-order valence-corrected chi connectivity index (χ1v) is 4.89. The first kappa shape index (κ1) is 11.4. The van der Waals surface area contributed by atoms with Gasteiger partial charge in [-0.2, -0.15) is 0 Å². The lowest BCUT2D eigenvalue weighted by atomic mass is 10.2. The lowest BCUT2D eigenvalue weighted by Gasteiger charge is -2.31. The molecule has 0 bridgehead atoms. The minimum Gasteiger partial charge on any atom is -0.385 e. The molecule has 2 N–H and O–H groups in total. The van der Waals surface area contributed by atoms with Crippen molar-refractivity contribution in [3.05, 3.63) is 0 Å². The van der Waals surface area contributed by atoms with Gasteiger partial charge in [-0.25, -0.2) is 0 Å². The highest BCUT2D eigenvalue weighted by Crippen LogP contribution is 2.06. The second-order valence-electron chi connectivity index (χ2n) is 3.27. The lowest BCUT2D eigenvalue weighted by Crippen LogP contribution is -2.50. The van der Waals surface area contributed by atoms with Gasteiger partial charge in [0.25, 0.3) is 5.91 Å². The fraction of sp³-hybridized carbons (Fsp3) is 0.889. The Morgan fingerprint density at radius 3 is 3.14 bits per heavy atom. The number of amides is 1. The van der Waals surface area contributed by atoms with Crippen molar-refractivity contribution in [2.24, 2.45) is 5.73 Å². The zero-order valence-corrected chi connectivity index (χ0v) is 8.57. The Morgan fingerprint density at radius 1 is 1.71 bits per heavy atom. The molecule has 1 aliphatic rings. The fourth-order valence-corrected chi connectivity index (χ4v) is 1.48. The van der Waals surface area contributed by atoms with E-state index in [1.54, 1.807) is 12.0 Å². The quantitative estimate of drug-likeness (QED) is 0.593. The van der Waals surface area contributed by atoms with Gasteiger partial charge in [0.15, 0.2) is 0 Å².